The van der Waals surface area contributed by atoms with Crippen molar-refractivity contribution in [3.63, 3.8) is 0 Å². The lowest BCUT2D eigenvalue weighted by Gasteiger charge is -2.24. The number of hydrogen-bond acceptors (Lipinski definition) is 9. The fourth-order valence-electron chi connectivity index (χ4n) is 4.30. The molecule has 1 unspecified atom stereocenters. The molecular formula is C29H26F2N4O6S. The van der Waals surface area contributed by atoms with E-state index in [0.29, 0.717) is 22.8 Å². The number of rotatable bonds is 10. The number of sulfone groups is 1. The molecule has 0 fully saturated rings. The largest absolute Gasteiger partial charge is 0.492 e. The molecule has 1 atom stereocenters. The number of ether oxygens (including phenoxy) is 2. The normalized spacial score (nSPS) is 12.3. The number of aromatic nitrogens is 3. The average Bonchev–Trinajstić information content (AvgIpc) is 2.94. The summed E-state index contributed by atoms with van der Waals surface area (Å²) < 4.78 is 67.5. The number of methoxy groups -OCH3 is 1. The van der Waals surface area contributed by atoms with E-state index < -0.39 is 43.8 Å². The number of halogens is 2. The van der Waals surface area contributed by atoms with Crippen molar-refractivity contribution in [3.05, 3.63) is 99.9 Å². The minimum absolute atomic E-state index is 0.0318. The molecule has 0 saturated heterocycles. The number of hydrogen-bond donors (Lipinski definition) is 1. The molecule has 0 bridgehead atoms. The molecule has 218 valence electrons. The van der Waals surface area contributed by atoms with Gasteiger partial charge in [-0.3, -0.25) is 14.3 Å². The van der Waals surface area contributed by atoms with Gasteiger partial charge in [-0.2, -0.15) is 10.2 Å². The fourth-order valence-corrected chi connectivity index (χ4v) is 5.64. The van der Waals surface area contributed by atoms with E-state index in [2.05, 4.69) is 9.97 Å². The zero-order valence-corrected chi connectivity index (χ0v) is 23.6. The third-order valence-corrected chi connectivity index (χ3v) is 8.00. The summed E-state index contributed by atoms with van der Waals surface area (Å²) in [6.07, 6.45) is 2.55. The van der Waals surface area contributed by atoms with Crippen LogP contribution in [0.4, 0.5) is 8.78 Å². The lowest BCUT2D eigenvalue weighted by molar-refractivity contribution is 0.0557. The molecule has 0 amide bonds. The second kappa shape index (κ2) is 12.6. The van der Waals surface area contributed by atoms with Crippen molar-refractivity contribution < 1.29 is 31.8 Å². The Balaban J connectivity index is 1.89. The maximum atomic E-state index is 14.2. The van der Waals surface area contributed by atoms with Crippen LogP contribution in [0.25, 0.3) is 11.1 Å². The Kier molecular flexibility index (Phi) is 9.11. The molecule has 10 nitrogen and oxygen atoms in total. The summed E-state index contributed by atoms with van der Waals surface area (Å²) in [5, 5.41) is 19.9. The number of aromatic hydroxyl groups is 1. The Labute approximate surface area is 240 Å². The maximum absolute atomic E-state index is 14.2. The van der Waals surface area contributed by atoms with Crippen molar-refractivity contribution in [2.75, 3.05) is 13.7 Å². The summed E-state index contributed by atoms with van der Waals surface area (Å²) in [5.74, 6) is -3.09. The molecule has 42 heavy (non-hydrogen) atoms. The van der Waals surface area contributed by atoms with Crippen molar-refractivity contribution >= 4 is 9.84 Å². The van der Waals surface area contributed by atoms with Crippen molar-refractivity contribution in [1.29, 1.82) is 5.26 Å². The van der Waals surface area contributed by atoms with Crippen LogP contribution in [0.2, 0.25) is 0 Å². The first-order valence-corrected chi connectivity index (χ1v) is 14.1. The third kappa shape index (κ3) is 6.36. The van der Waals surface area contributed by atoms with E-state index in [-0.39, 0.29) is 35.6 Å². The minimum atomic E-state index is -4.67. The highest BCUT2D eigenvalue weighted by Crippen LogP contribution is 2.30. The van der Waals surface area contributed by atoms with Crippen LogP contribution < -0.4 is 5.56 Å². The van der Waals surface area contributed by atoms with Gasteiger partial charge in [-0.05, 0) is 55.3 Å². The van der Waals surface area contributed by atoms with Gasteiger partial charge in [-0.15, -0.1) is 0 Å². The highest BCUT2D eigenvalue weighted by Gasteiger charge is 2.32. The van der Waals surface area contributed by atoms with Crippen LogP contribution in [0.5, 0.6) is 5.88 Å². The summed E-state index contributed by atoms with van der Waals surface area (Å²) in [6.45, 7) is 2.80. The van der Waals surface area contributed by atoms with Crippen molar-refractivity contribution in [2.45, 2.75) is 42.4 Å². The minimum Gasteiger partial charge on any atom is -0.492 e. The van der Waals surface area contributed by atoms with E-state index in [4.69, 9.17) is 14.7 Å². The lowest BCUT2D eigenvalue weighted by atomic mass is 10.1. The van der Waals surface area contributed by atoms with Crippen LogP contribution >= 0.6 is 0 Å². The van der Waals surface area contributed by atoms with E-state index in [1.165, 1.54) is 43.8 Å². The predicted octanol–water partition coefficient (Wildman–Crippen LogP) is 4.15. The molecule has 0 aliphatic carbocycles. The SMILES string of the molecule is COCC(c1cc(F)cc(F)c1)n1c(COC(C)C)nc(O)c(S(=O)(=O)c2ccc(-c3cncc(C#N)c3)cc2)c1=O. The molecule has 2 heterocycles. The molecular weight excluding hydrogens is 570 g/mol. The van der Waals surface area contributed by atoms with Gasteiger partial charge in [0, 0.05) is 31.1 Å². The van der Waals surface area contributed by atoms with Gasteiger partial charge in [-0.25, -0.2) is 17.2 Å². The van der Waals surface area contributed by atoms with Crippen LogP contribution in [0.3, 0.4) is 0 Å². The molecule has 4 aromatic rings. The second-order valence-corrected chi connectivity index (χ2v) is 11.4. The third-order valence-electron chi connectivity index (χ3n) is 6.21. The standard InChI is InChI=1S/C29H26F2N4O6S/c1-17(2)41-16-26-34-28(36)27(29(37)35(26)25(15-40-3)20-9-22(30)11-23(31)10-20)42(38,39)24-6-4-19(5-7-24)21-8-18(12-32)13-33-14-21/h4-11,13-14,17,25,36H,15-16H2,1-3H3. The maximum Gasteiger partial charge on any atom is 0.277 e. The van der Waals surface area contributed by atoms with Crippen LogP contribution in [-0.2, 0) is 25.9 Å². The van der Waals surface area contributed by atoms with Crippen molar-refractivity contribution in [3.8, 4) is 23.1 Å². The summed E-state index contributed by atoms with van der Waals surface area (Å²) >= 11 is 0. The zero-order chi connectivity index (χ0) is 30.6. The van der Waals surface area contributed by atoms with Crippen LogP contribution in [-0.4, -0.2) is 47.9 Å². The first kappa shape index (κ1) is 30.4. The first-order valence-electron chi connectivity index (χ1n) is 12.6. The van der Waals surface area contributed by atoms with E-state index in [9.17, 15) is 27.1 Å². The van der Waals surface area contributed by atoms with Gasteiger partial charge < -0.3 is 14.6 Å². The van der Waals surface area contributed by atoms with Gasteiger partial charge in [0.2, 0.25) is 15.7 Å². The molecule has 0 aliphatic rings. The Bertz CT molecular complexity index is 1800. The van der Waals surface area contributed by atoms with Crippen molar-refractivity contribution in [2.24, 2.45) is 0 Å². The molecule has 2 aromatic heterocycles. The number of benzene rings is 2. The van der Waals surface area contributed by atoms with Crippen molar-refractivity contribution in [1.82, 2.24) is 14.5 Å². The van der Waals surface area contributed by atoms with E-state index >= 15 is 0 Å². The van der Waals surface area contributed by atoms with E-state index in [1.807, 2.05) is 6.07 Å². The summed E-state index contributed by atoms with van der Waals surface area (Å²) in [7, 11) is -3.37. The molecule has 0 aliphatic heterocycles. The molecule has 13 heteroatoms. The van der Waals surface area contributed by atoms with Gasteiger partial charge in [0.15, 0.2) is 4.90 Å². The molecule has 0 spiro atoms. The number of nitriles is 1. The smallest absolute Gasteiger partial charge is 0.277 e. The van der Waals surface area contributed by atoms with Gasteiger partial charge in [0.1, 0.15) is 30.1 Å². The first-order chi connectivity index (χ1) is 20.0. The summed E-state index contributed by atoms with van der Waals surface area (Å²) in [6, 6.07) is 10.3. The lowest BCUT2D eigenvalue weighted by Crippen LogP contribution is -2.35. The van der Waals surface area contributed by atoms with Gasteiger partial charge in [-0.1, -0.05) is 12.1 Å². The van der Waals surface area contributed by atoms with Gasteiger partial charge in [0.25, 0.3) is 5.56 Å². The number of nitrogens with zero attached hydrogens (tertiary/aromatic N) is 4. The quantitative estimate of drug-likeness (QED) is 0.285. The number of pyridine rings is 1. The van der Waals surface area contributed by atoms with Crippen LogP contribution in [0.15, 0.2) is 75.5 Å². The molecule has 2 aromatic carbocycles. The Morgan fingerprint density at radius 2 is 1.71 bits per heavy atom. The molecule has 0 saturated carbocycles. The highest BCUT2D eigenvalue weighted by atomic mass is 32.2. The van der Waals surface area contributed by atoms with Gasteiger partial charge >= 0.3 is 0 Å². The second-order valence-electron chi connectivity index (χ2n) is 9.49. The highest BCUT2D eigenvalue weighted by molar-refractivity contribution is 7.91. The zero-order valence-electron chi connectivity index (χ0n) is 22.8. The van der Waals surface area contributed by atoms with E-state index in [1.54, 1.807) is 19.9 Å². The average molecular weight is 597 g/mol. The van der Waals surface area contributed by atoms with Crippen LogP contribution in [0, 0.1) is 23.0 Å². The van der Waals surface area contributed by atoms with Crippen LogP contribution in [0.1, 0.15) is 36.8 Å². The summed E-state index contributed by atoms with van der Waals surface area (Å²) in [5.41, 5.74) is 0.199. The Morgan fingerprint density at radius 1 is 1.05 bits per heavy atom. The summed E-state index contributed by atoms with van der Waals surface area (Å²) in [4.78, 5) is 20.6. The topological polar surface area (TPSA) is 144 Å². The van der Waals surface area contributed by atoms with E-state index in [0.717, 1.165) is 16.7 Å². The fraction of sp³-hybridized carbons (Fsp3) is 0.241. The predicted molar refractivity (Wildman–Crippen MR) is 146 cm³/mol. The Hall–Kier alpha value is -4.51. The monoisotopic (exact) mass is 596 g/mol. The van der Waals surface area contributed by atoms with Gasteiger partial charge in [0.05, 0.1) is 29.2 Å². The molecule has 0 radical (unpaired) electrons. The Morgan fingerprint density at radius 3 is 2.31 bits per heavy atom. The molecule has 4 rings (SSSR count). The molecule has 1 N–H and O–H groups in total.